The van der Waals surface area contributed by atoms with Crippen LogP contribution in [0, 0.1) is 13.8 Å². The summed E-state index contributed by atoms with van der Waals surface area (Å²) in [6.07, 6.45) is 3.91. The topological polar surface area (TPSA) is 96.6 Å². The number of carbonyl (C=O) groups excluding carboxylic acids is 1. The van der Waals surface area contributed by atoms with Gasteiger partial charge in [-0.1, -0.05) is 0 Å². The molecule has 0 fully saturated rings. The number of ether oxygens (including phenoxy) is 2. The number of rotatable bonds is 7. The quantitative estimate of drug-likeness (QED) is 0.267. The molecule has 3 rings (SSSR count). The number of methoxy groups -OCH3 is 1. The van der Waals surface area contributed by atoms with Crippen LogP contribution in [0.1, 0.15) is 33.5 Å². The zero-order chi connectivity index (χ0) is 20.8. The number of anilines is 1. The maximum absolute atomic E-state index is 11.7. The number of nitrogens with zero attached hydrogens (tertiary/aromatic N) is 2. The maximum Gasteiger partial charge on any atom is 0.339 e. The first-order valence-corrected chi connectivity index (χ1v) is 9.53. The lowest BCUT2D eigenvalue weighted by Gasteiger charge is -2.20. The standard InChI is InChI=1S/C21H21N3O4S/c1-13-9-17(22)19(10-14(13)2)27-21(28-29-16-5-4-8-23-12-16)18-7-6-15(11-24-18)20(25)26-3/h4-12,21H,22H2,1-3H3. The van der Waals surface area contributed by atoms with Crippen LogP contribution in [0.2, 0.25) is 0 Å². The van der Waals surface area contributed by atoms with E-state index in [9.17, 15) is 4.79 Å². The van der Waals surface area contributed by atoms with E-state index in [-0.39, 0.29) is 0 Å². The van der Waals surface area contributed by atoms with Crippen molar-refractivity contribution in [2.45, 2.75) is 25.0 Å². The van der Waals surface area contributed by atoms with Gasteiger partial charge in [-0.05, 0) is 61.4 Å². The summed E-state index contributed by atoms with van der Waals surface area (Å²) in [5, 5.41) is 0. The number of hydrogen-bond acceptors (Lipinski definition) is 8. The van der Waals surface area contributed by atoms with Gasteiger partial charge in [0.1, 0.15) is 11.4 Å². The molecule has 0 amide bonds. The second kappa shape index (κ2) is 9.40. The lowest BCUT2D eigenvalue weighted by atomic mass is 10.1. The van der Waals surface area contributed by atoms with Crippen LogP contribution in [0.5, 0.6) is 5.75 Å². The molecule has 2 aromatic heterocycles. The Bertz CT molecular complexity index is 981. The third-order valence-electron chi connectivity index (χ3n) is 4.18. The molecule has 2 heterocycles. The first kappa shape index (κ1) is 20.6. The summed E-state index contributed by atoms with van der Waals surface area (Å²) in [5.74, 6) is 0.0225. The lowest BCUT2D eigenvalue weighted by molar-refractivity contribution is 0.0183. The minimum atomic E-state index is -0.865. The fourth-order valence-electron chi connectivity index (χ4n) is 2.44. The molecule has 1 atom stereocenters. The van der Waals surface area contributed by atoms with Gasteiger partial charge in [0.05, 0.1) is 23.3 Å². The van der Waals surface area contributed by atoms with Gasteiger partial charge in [0.2, 0.25) is 0 Å². The summed E-state index contributed by atoms with van der Waals surface area (Å²) >= 11 is 1.11. The molecule has 0 aliphatic carbocycles. The number of hydrogen-bond donors (Lipinski definition) is 1. The van der Waals surface area contributed by atoms with Crippen molar-refractivity contribution in [3.8, 4) is 5.75 Å². The van der Waals surface area contributed by atoms with Crippen molar-refractivity contribution in [2.24, 2.45) is 0 Å². The van der Waals surface area contributed by atoms with Crippen LogP contribution in [0.25, 0.3) is 0 Å². The molecular weight excluding hydrogens is 390 g/mol. The highest BCUT2D eigenvalue weighted by molar-refractivity contribution is 7.94. The summed E-state index contributed by atoms with van der Waals surface area (Å²) < 4.78 is 16.6. The molecule has 0 aliphatic rings. The van der Waals surface area contributed by atoms with Crippen molar-refractivity contribution in [3.63, 3.8) is 0 Å². The summed E-state index contributed by atoms with van der Waals surface area (Å²) in [4.78, 5) is 20.8. The molecule has 1 aromatic carbocycles. The molecule has 7 nitrogen and oxygen atoms in total. The molecule has 3 aromatic rings. The molecule has 0 radical (unpaired) electrons. The highest BCUT2D eigenvalue weighted by atomic mass is 32.2. The van der Waals surface area contributed by atoms with Crippen LogP contribution >= 0.6 is 12.0 Å². The Morgan fingerprint density at radius 2 is 1.93 bits per heavy atom. The van der Waals surface area contributed by atoms with Crippen molar-refractivity contribution in [3.05, 3.63) is 77.4 Å². The van der Waals surface area contributed by atoms with Gasteiger partial charge in [-0.25, -0.2) is 4.79 Å². The van der Waals surface area contributed by atoms with Gasteiger partial charge >= 0.3 is 5.97 Å². The number of benzene rings is 1. The van der Waals surface area contributed by atoms with Crippen molar-refractivity contribution in [2.75, 3.05) is 12.8 Å². The molecule has 2 N–H and O–H groups in total. The Morgan fingerprint density at radius 1 is 1.14 bits per heavy atom. The van der Waals surface area contributed by atoms with Crippen LogP contribution in [0.3, 0.4) is 0 Å². The van der Waals surface area contributed by atoms with Gasteiger partial charge in [-0.15, -0.1) is 0 Å². The SMILES string of the molecule is COC(=O)c1ccc(C(OSc2cccnc2)Oc2cc(C)c(C)cc2N)nc1. The predicted octanol–water partition coefficient (Wildman–Crippen LogP) is 4.26. The van der Waals surface area contributed by atoms with E-state index < -0.39 is 12.3 Å². The monoisotopic (exact) mass is 411 g/mol. The zero-order valence-electron chi connectivity index (χ0n) is 16.3. The smallest absolute Gasteiger partial charge is 0.339 e. The van der Waals surface area contributed by atoms with E-state index in [1.54, 1.807) is 24.5 Å². The average molecular weight is 411 g/mol. The molecule has 29 heavy (non-hydrogen) atoms. The second-order valence-electron chi connectivity index (χ2n) is 6.26. The Labute approximate surface area is 173 Å². The van der Waals surface area contributed by atoms with E-state index in [0.29, 0.717) is 22.7 Å². The lowest BCUT2D eigenvalue weighted by Crippen LogP contribution is -2.13. The predicted molar refractivity (Wildman–Crippen MR) is 110 cm³/mol. The second-order valence-corrected chi connectivity index (χ2v) is 7.09. The minimum Gasteiger partial charge on any atom is -0.465 e. The molecule has 1 unspecified atom stereocenters. The van der Waals surface area contributed by atoms with Gasteiger partial charge < -0.3 is 15.2 Å². The van der Waals surface area contributed by atoms with Gasteiger partial charge in [0.15, 0.2) is 0 Å². The fraction of sp³-hybridized carbons (Fsp3) is 0.190. The first-order chi connectivity index (χ1) is 14.0. The first-order valence-electron chi connectivity index (χ1n) is 8.79. The van der Waals surface area contributed by atoms with Gasteiger partial charge in [0, 0.05) is 30.6 Å². The van der Waals surface area contributed by atoms with E-state index in [0.717, 1.165) is 28.1 Å². The Kier molecular flexibility index (Phi) is 6.69. The summed E-state index contributed by atoms with van der Waals surface area (Å²) in [5.41, 5.74) is 9.55. The van der Waals surface area contributed by atoms with Crippen molar-refractivity contribution >= 4 is 23.7 Å². The van der Waals surface area contributed by atoms with Crippen LogP contribution in [-0.2, 0) is 8.92 Å². The number of esters is 1. The van der Waals surface area contributed by atoms with Gasteiger partial charge in [-0.3, -0.25) is 14.2 Å². The van der Waals surface area contributed by atoms with Crippen molar-refractivity contribution < 1.29 is 18.5 Å². The number of aryl methyl sites for hydroxylation is 2. The van der Waals surface area contributed by atoms with Gasteiger partial charge in [0.25, 0.3) is 6.29 Å². The summed E-state index contributed by atoms with van der Waals surface area (Å²) in [7, 11) is 1.32. The third kappa shape index (κ3) is 5.24. The number of pyridine rings is 2. The molecule has 0 spiro atoms. The molecular formula is C21H21N3O4S. The van der Waals surface area contributed by atoms with Crippen LogP contribution in [0.15, 0.2) is 59.9 Å². The van der Waals surface area contributed by atoms with Crippen LogP contribution in [-0.4, -0.2) is 23.0 Å². The Balaban J connectivity index is 1.87. The molecule has 0 saturated carbocycles. The molecule has 0 saturated heterocycles. The largest absolute Gasteiger partial charge is 0.465 e. The Hall–Kier alpha value is -3.10. The molecule has 0 bridgehead atoms. The molecule has 8 heteroatoms. The van der Waals surface area contributed by atoms with Crippen molar-refractivity contribution in [1.29, 1.82) is 0 Å². The van der Waals surface area contributed by atoms with Gasteiger partial charge in [-0.2, -0.15) is 0 Å². The van der Waals surface area contributed by atoms with Crippen LogP contribution < -0.4 is 10.5 Å². The van der Waals surface area contributed by atoms with E-state index in [1.807, 2.05) is 38.1 Å². The zero-order valence-corrected chi connectivity index (χ0v) is 17.1. The highest BCUT2D eigenvalue weighted by Gasteiger charge is 2.20. The van der Waals surface area contributed by atoms with Crippen LogP contribution in [0.4, 0.5) is 5.69 Å². The maximum atomic E-state index is 11.7. The number of carbonyl (C=O) groups is 1. The number of nitrogens with two attached hydrogens (primary N) is 1. The normalized spacial score (nSPS) is 11.7. The summed E-state index contributed by atoms with van der Waals surface area (Å²) in [6, 6.07) is 10.6. The summed E-state index contributed by atoms with van der Waals surface area (Å²) in [6.45, 7) is 3.96. The minimum absolute atomic E-state index is 0.334. The fourth-order valence-corrected chi connectivity index (χ4v) is 3.01. The van der Waals surface area contributed by atoms with Crippen molar-refractivity contribution in [1.82, 2.24) is 9.97 Å². The molecule has 150 valence electrons. The van der Waals surface area contributed by atoms with E-state index in [4.69, 9.17) is 19.4 Å². The molecule has 0 aliphatic heterocycles. The van der Waals surface area contributed by atoms with E-state index in [2.05, 4.69) is 9.97 Å². The number of nitrogen functional groups attached to an aromatic ring is 1. The van der Waals surface area contributed by atoms with E-state index >= 15 is 0 Å². The number of aromatic nitrogens is 2. The highest BCUT2D eigenvalue weighted by Crippen LogP contribution is 2.33. The average Bonchev–Trinajstić information content (AvgIpc) is 2.75. The Morgan fingerprint density at radius 3 is 2.59 bits per heavy atom. The third-order valence-corrected chi connectivity index (χ3v) is 4.88. The van der Waals surface area contributed by atoms with E-state index in [1.165, 1.54) is 13.3 Å².